The van der Waals surface area contributed by atoms with Crippen molar-refractivity contribution in [3.63, 3.8) is 0 Å². The van der Waals surface area contributed by atoms with Gasteiger partial charge in [0.15, 0.2) is 0 Å². The van der Waals surface area contributed by atoms with E-state index in [1.807, 2.05) is 0 Å². The number of carboxylic acid groups (broad SMARTS) is 1. The van der Waals surface area contributed by atoms with Gasteiger partial charge in [-0.3, -0.25) is 0 Å². The summed E-state index contributed by atoms with van der Waals surface area (Å²) in [6, 6.07) is 2.25. The Morgan fingerprint density at radius 3 is 2.61 bits per heavy atom. The van der Waals surface area contributed by atoms with Crippen LogP contribution < -0.4 is 5.32 Å². The molecule has 4 heteroatoms. The Kier molecular flexibility index (Phi) is 4.81. The zero-order valence-electron chi connectivity index (χ0n) is 10.7. The van der Waals surface area contributed by atoms with Gasteiger partial charge in [0.25, 0.3) is 0 Å². The molecule has 0 bridgehead atoms. The van der Waals surface area contributed by atoms with E-state index in [9.17, 15) is 4.79 Å². The number of nitrogens with one attached hydrogen (secondary N) is 1. The van der Waals surface area contributed by atoms with E-state index in [0.717, 1.165) is 5.56 Å². The summed E-state index contributed by atoms with van der Waals surface area (Å²) in [6.07, 6.45) is 10.4. The molecule has 1 heterocycles. The van der Waals surface area contributed by atoms with Crippen molar-refractivity contribution in [1.29, 1.82) is 0 Å². The standard InChI is InChI=1S/C14H21NO3/c16-14(17)13-11(8-9-18-13)10-15-12-6-4-2-1-3-5-7-12/h8-9,12,15H,1-7,10H2,(H,16,17). The molecule has 0 aromatic carbocycles. The van der Waals surface area contributed by atoms with Crippen molar-refractivity contribution in [2.24, 2.45) is 0 Å². The van der Waals surface area contributed by atoms with Crippen molar-refractivity contribution in [2.45, 2.75) is 57.5 Å². The number of hydrogen-bond acceptors (Lipinski definition) is 3. The average Bonchev–Trinajstić information content (AvgIpc) is 2.76. The average molecular weight is 251 g/mol. The molecule has 2 N–H and O–H groups in total. The molecule has 0 amide bonds. The maximum Gasteiger partial charge on any atom is 0.372 e. The fourth-order valence-electron chi connectivity index (χ4n) is 2.58. The van der Waals surface area contributed by atoms with Gasteiger partial charge in [0, 0.05) is 18.2 Å². The summed E-state index contributed by atoms with van der Waals surface area (Å²) < 4.78 is 4.97. The molecule has 2 rings (SSSR count). The summed E-state index contributed by atoms with van der Waals surface area (Å²) in [4.78, 5) is 10.9. The first-order chi connectivity index (χ1) is 8.77. The van der Waals surface area contributed by atoms with E-state index >= 15 is 0 Å². The van der Waals surface area contributed by atoms with Crippen LogP contribution in [0.2, 0.25) is 0 Å². The van der Waals surface area contributed by atoms with Gasteiger partial charge in [-0.05, 0) is 18.9 Å². The minimum Gasteiger partial charge on any atom is -0.475 e. The predicted octanol–water partition coefficient (Wildman–Crippen LogP) is 3.18. The maximum atomic E-state index is 10.9. The van der Waals surface area contributed by atoms with Crippen molar-refractivity contribution in [1.82, 2.24) is 5.32 Å². The third kappa shape index (κ3) is 3.60. The lowest BCUT2D eigenvalue weighted by atomic mass is 9.96. The Morgan fingerprint density at radius 1 is 1.28 bits per heavy atom. The van der Waals surface area contributed by atoms with E-state index in [4.69, 9.17) is 9.52 Å². The van der Waals surface area contributed by atoms with E-state index in [1.165, 1.54) is 51.2 Å². The van der Waals surface area contributed by atoms with Gasteiger partial charge in [0.1, 0.15) is 0 Å². The van der Waals surface area contributed by atoms with Crippen molar-refractivity contribution in [3.8, 4) is 0 Å². The topological polar surface area (TPSA) is 62.5 Å². The third-order valence-electron chi connectivity index (χ3n) is 3.63. The van der Waals surface area contributed by atoms with Gasteiger partial charge in [-0.15, -0.1) is 0 Å². The number of carboxylic acids is 1. The smallest absolute Gasteiger partial charge is 0.372 e. The van der Waals surface area contributed by atoms with Crippen LogP contribution in [0.5, 0.6) is 0 Å². The molecule has 1 aliphatic rings. The molecule has 0 saturated heterocycles. The lowest BCUT2D eigenvalue weighted by molar-refractivity contribution is 0.0660. The molecule has 18 heavy (non-hydrogen) atoms. The SMILES string of the molecule is O=C(O)c1occc1CNC1CCCCCCC1. The lowest BCUT2D eigenvalue weighted by Crippen LogP contribution is -2.29. The van der Waals surface area contributed by atoms with Crippen LogP contribution >= 0.6 is 0 Å². The fourth-order valence-corrected chi connectivity index (χ4v) is 2.58. The summed E-state index contributed by atoms with van der Waals surface area (Å²) in [7, 11) is 0. The highest BCUT2D eigenvalue weighted by atomic mass is 16.4. The van der Waals surface area contributed by atoms with Gasteiger partial charge in [0.05, 0.1) is 6.26 Å². The first-order valence-corrected chi connectivity index (χ1v) is 6.80. The minimum absolute atomic E-state index is 0.0633. The second-order valence-corrected chi connectivity index (χ2v) is 5.00. The molecule has 0 spiro atoms. The van der Waals surface area contributed by atoms with Gasteiger partial charge in [-0.2, -0.15) is 0 Å². The molecule has 1 aromatic rings. The maximum absolute atomic E-state index is 10.9. The Bertz CT molecular complexity index is 378. The van der Waals surface area contributed by atoms with Gasteiger partial charge >= 0.3 is 5.97 Å². The normalized spacial score (nSPS) is 18.2. The van der Waals surface area contributed by atoms with Gasteiger partial charge in [-0.1, -0.05) is 32.1 Å². The molecule has 0 radical (unpaired) electrons. The highest BCUT2D eigenvalue weighted by Gasteiger charge is 2.16. The molecular weight excluding hydrogens is 230 g/mol. The molecule has 1 saturated carbocycles. The molecule has 0 atom stereocenters. The largest absolute Gasteiger partial charge is 0.475 e. The molecule has 0 aliphatic heterocycles. The monoisotopic (exact) mass is 251 g/mol. The van der Waals surface area contributed by atoms with E-state index in [1.54, 1.807) is 6.07 Å². The Morgan fingerprint density at radius 2 is 1.94 bits per heavy atom. The van der Waals surface area contributed by atoms with Crippen LogP contribution in [0.1, 0.15) is 61.1 Å². The van der Waals surface area contributed by atoms with Crippen LogP contribution in [-0.2, 0) is 6.54 Å². The number of rotatable bonds is 4. The zero-order chi connectivity index (χ0) is 12.8. The van der Waals surface area contributed by atoms with Crippen molar-refractivity contribution in [2.75, 3.05) is 0 Å². The molecular formula is C14H21NO3. The van der Waals surface area contributed by atoms with Crippen molar-refractivity contribution >= 4 is 5.97 Å². The molecule has 1 fully saturated rings. The fraction of sp³-hybridized carbons (Fsp3) is 0.643. The van der Waals surface area contributed by atoms with E-state index in [2.05, 4.69) is 5.32 Å². The zero-order valence-corrected chi connectivity index (χ0v) is 10.7. The predicted molar refractivity (Wildman–Crippen MR) is 68.6 cm³/mol. The first kappa shape index (κ1) is 13.1. The minimum atomic E-state index is -0.991. The number of aromatic carboxylic acids is 1. The van der Waals surface area contributed by atoms with Crippen LogP contribution in [0, 0.1) is 0 Å². The van der Waals surface area contributed by atoms with Crippen LogP contribution in [0.25, 0.3) is 0 Å². The Hall–Kier alpha value is -1.29. The highest BCUT2D eigenvalue weighted by molar-refractivity contribution is 5.86. The van der Waals surface area contributed by atoms with Crippen LogP contribution in [0.3, 0.4) is 0 Å². The van der Waals surface area contributed by atoms with Crippen LogP contribution in [-0.4, -0.2) is 17.1 Å². The molecule has 100 valence electrons. The Balaban J connectivity index is 1.85. The number of furan rings is 1. The molecule has 1 aromatic heterocycles. The molecule has 4 nitrogen and oxygen atoms in total. The van der Waals surface area contributed by atoms with Gasteiger partial charge < -0.3 is 14.8 Å². The molecule has 1 aliphatic carbocycles. The molecule has 0 unspecified atom stereocenters. The quantitative estimate of drug-likeness (QED) is 0.862. The van der Waals surface area contributed by atoms with E-state index < -0.39 is 5.97 Å². The van der Waals surface area contributed by atoms with E-state index in [-0.39, 0.29) is 5.76 Å². The Labute approximate surface area is 107 Å². The van der Waals surface area contributed by atoms with Crippen LogP contribution in [0.15, 0.2) is 16.7 Å². The summed E-state index contributed by atoms with van der Waals surface area (Å²) in [5, 5.41) is 12.4. The first-order valence-electron chi connectivity index (χ1n) is 6.80. The summed E-state index contributed by atoms with van der Waals surface area (Å²) >= 11 is 0. The lowest BCUT2D eigenvalue weighted by Gasteiger charge is -2.20. The number of hydrogen-bond donors (Lipinski definition) is 2. The second kappa shape index (κ2) is 6.59. The highest BCUT2D eigenvalue weighted by Crippen LogP contribution is 2.18. The van der Waals surface area contributed by atoms with E-state index in [0.29, 0.717) is 12.6 Å². The van der Waals surface area contributed by atoms with Gasteiger partial charge in [-0.25, -0.2) is 4.79 Å². The third-order valence-corrected chi connectivity index (χ3v) is 3.63. The summed E-state index contributed by atoms with van der Waals surface area (Å²) in [5.41, 5.74) is 0.740. The van der Waals surface area contributed by atoms with Crippen LogP contribution in [0.4, 0.5) is 0 Å². The van der Waals surface area contributed by atoms with Crippen molar-refractivity contribution < 1.29 is 14.3 Å². The van der Waals surface area contributed by atoms with Crippen molar-refractivity contribution in [3.05, 3.63) is 23.7 Å². The summed E-state index contributed by atoms with van der Waals surface area (Å²) in [6.45, 7) is 0.586. The second-order valence-electron chi connectivity index (χ2n) is 5.00. The number of carbonyl (C=O) groups is 1. The van der Waals surface area contributed by atoms with Gasteiger partial charge in [0.2, 0.25) is 5.76 Å². The summed E-state index contributed by atoms with van der Waals surface area (Å²) in [5.74, 6) is -0.928.